The molecular formula is C14H19NO4S. The third-order valence-electron chi connectivity index (χ3n) is 4.73. The van der Waals surface area contributed by atoms with Crippen LogP contribution in [0.4, 0.5) is 0 Å². The van der Waals surface area contributed by atoms with Crippen LogP contribution in [0.3, 0.4) is 0 Å². The van der Waals surface area contributed by atoms with Crippen LogP contribution < -0.4 is 0 Å². The van der Waals surface area contributed by atoms with Crippen molar-refractivity contribution in [1.29, 1.82) is 0 Å². The van der Waals surface area contributed by atoms with Crippen LogP contribution in [0, 0.1) is 17.8 Å². The molecule has 0 saturated heterocycles. The Morgan fingerprint density at radius 3 is 2.80 bits per heavy atom. The van der Waals surface area contributed by atoms with Crippen molar-refractivity contribution >= 4 is 27.7 Å². The van der Waals surface area contributed by atoms with E-state index >= 15 is 0 Å². The van der Waals surface area contributed by atoms with Crippen molar-refractivity contribution < 1.29 is 18.5 Å². The van der Waals surface area contributed by atoms with Crippen LogP contribution in [-0.2, 0) is 25.1 Å². The summed E-state index contributed by atoms with van der Waals surface area (Å²) < 4.78 is 17.1. The van der Waals surface area contributed by atoms with E-state index in [2.05, 4.69) is 4.99 Å². The van der Waals surface area contributed by atoms with Gasteiger partial charge < -0.3 is 4.74 Å². The van der Waals surface area contributed by atoms with E-state index in [1.807, 2.05) is 0 Å². The van der Waals surface area contributed by atoms with Gasteiger partial charge in [0, 0.05) is 6.42 Å². The zero-order chi connectivity index (χ0) is 14.3. The average Bonchev–Trinajstić information content (AvgIpc) is 3.06. The molecule has 1 aliphatic heterocycles. The molecular weight excluding hydrogens is 278 g/mol. The monoisotopic (exact) mass is 297 g/mol. The summed E-state index contributed by atoms with van der Waals surface area (Å²) in [5.74, 6) is 0.682. The Bertz CT molecular complexity index is 501. The first-order valence-corrected chi connectivity index (χ1v) is 8.50. The van der Waals surface area contributed by atoms with Crippen molar-refractivity contribution in [2.24, 2.45) is 22.7 Å². The second-order valence-corrected chi connectivity index (χ2v) is 7.45. The highest BCUT2D eigenvalue weighted by Crippen LogP contribution is 2.50. The van der Waals surface area contributed by atoms with E-state index in [4.69, 9.17) is 4.74 Å². The Morgan fingerprint density at radius 2 is 2.20 bits per heavy atom. The van der Waals surface area contributed by atoms with Gasteiger partial charge in [0.1, 0.15) is 5.04 Å². The van der Waals surface area contributed by atoms with Crippen molar-refractivity contribution in [2.75, 3.05) is 6.61 Å². The molecule has 20 heavy (non-hydrogen) atoms. The van der Waals surface area contributed by atoms with Gasteiger partial charge in [-0.05, 0) is 43.9 Å². The lowest BCUT2D eigenvalue weighted by atomic mass is 9.87. The molecule has 2 fully saturated rings. The summed E-state index contributed by atoms with van der Waals surface area (Å²) in [5.41, 5.74) is 0. The minimum atomic E-state index is -1.63. The highest BCUT2D eigenvalue weighted by Gasteiger charge is 2.45. The molecule has 0 aromatic rings. The fraction of sp³-hybridized carbons (Fsp3) is 0.786. The van der Waals surface area contributed by atoms with Gasteiger partial charge in [0.15, 0.2) is 0 Å². The molecule has 2 bridgehead atoms. The topological polar surface area (TPSA) is 72.8 Å². The number of ether oxygens (including phenoxy) is 1. The maximum atomic E-state index is 12.3. The molecule has 2 unspecified atom stereocenters. The Kier molecular flexibility index (Phi) is 3.75. The van der Waals surface area contributed by atoms with Gasteiger partial charge >= 0.3 is 5.97 Å². The van der Waals surface area contributed by atoms with Gasteiger partial charge in [-0.25, -0.2) is 4.99 Å². The van der Waals surface area contributed by atoms with Gasteiger partial charge in [0.2, 0.25) is 5.25 Å². The van der Waals surface area contributed by atoms with Crippen molar-refractivity contribution in [3.63, 3.8) is 0 Å². The highest BCUT2D eigenvalue weighted by molar-refractivity contribution is 8.03. The van der Waals surface area contributed by atoms with Gasteiger partial charge in [0.05, 0.1) is 17.4 Å². The van der Waals surface area contributed by atoms with E-state index in [0.717, 1.165) is 12.3 Å². The van der Waals surface area contributed by atoms with E-state index < -0.39 is 27.9 Å². The molecule has 2 saturated carbocycles. The molecule has 0 aromatic carbocycles. The first-order valence-electron chi connectivity index (χ1n) is 7.28. The number of fused-ring (bicyclic) bond motifs is 2. The molecule has 0 radical (unpaired) electrons. The molecule has 0 spiro atoms. The maximum absolute atomic E-state index is 12.3. The molecule has 0 aromatic heterocycles. The van der Waals surface area contributed by atoms with E-state index in [1.54, 1.807) is 6.92 Å². The summed E-state index contributed by atoms with van der Waals surface area (Å²) in [6, 6.07) is 0. The third-order valence-corrected chi connectivity index (χ3v) is 6.27. The first-order chi connectivity index (χ1) is 9.60. The van der Waals surface area contributed by atoms with E-state index in [1.165, 1.54) is 19.3 Å². The fourth-order valence-electron chi connectivity index (χ4n) is 3.84. The summed E-state index contributed by atoms with van der Waals surface area (Å²) in [5, 5.41) is -0.811. The van der Waals surface area contributed by atoms with Gasteiger partial charge in [-0.15, -0.1) is 0 Å². The lowest BCUT2D eigenvalue weighted by Gasteiger charge is -2.21. The van der Waals surface area contributed by atoms with Gasteiger partial charge in [-0.3, -0.25) is 13.8 Å². The number of rotatable bonds is 4. The summed E-state index contributed by atoms with van der Waals surface area (Å²) in [6.07, 6.45) is 5.57. The van der Waals surface area contributed by atoms with E-state index in [-0.39, 0.29) is 6.61 Å². The molecule has 0 N–H and O–H groups in total. The molecule has 5 nitrogen and oxygen atoms in total. The van der Waals surface area contributed by atoms with Crippen LogP contribution in [0.5, 0.6) is 0 Å². The van der Waals surface area contributed by atoms with Gasteiger partial charge in [-0.2, -0.15) is 0 Å². The average molecular weight is 297 g/mol. The standard InChI is InChI=1S/C14H19NO4S/c1-2-19-14(17)12-13(16)15-11(20(12)18)7-10-6-8-3-4-9(10)5-8/h8-10,12H,2-7H2,1H3/t8-,9+,10-,12?,20?/m1/s1. The zero-order valence-electron chi connectivity index (χ0n) is 11.5. The summed E-state index contributed by atoms with van der Waals surface area (Å²) in [6.45, 7) is 1.85. The smallest absolute Gasteiger partial charge is 0.331 e. The van der Waals surface area contributed by atoms with Crippen molar-refractivity contribution in [3.8, 4) is 0 Å². The number of amides is 1. The minimum absolute atomic E-state index is 0.182. The molecule has 1 amide bonds. The zero-order valence-corrected chi connectivity index (χ0v) is 12.4. The first kappa shape index (κ1) is 13.9. The quantitative estimate of drug-likeness (QED) is 0.581. The third kappa shape index (κ3) is 2.34. The largest absolute Gasteiger partial charge is 0.465 e. The van der Waals surface area contributed by atoms with Crippen molar-refractivity contribution in [1.82, 2.24) is 0 Å². The van der Waals surface area contributed by atoms with Crippen LogP contribution >= 0.6 is 0 Å². The van der Waals surface area contributed by atoms with Crippen LogP contribution in [0.2, 0.25) is 0 Å². The summed E-state index contributed by atoms with van der Waals surface area (Å²) in [4.78, 5) is 27.3. The maximum Gasteiger partial charge on any atom is 0.331 e. The van der Waals surface area contributed by atoms with E-state index in [9.17, 15) is 13.8 Å². The predicted molar refractivity (Wildman–Crippen MR) is 74.6 cm³/mol. The second kappa shape index (κ2) is 5.39. The minimum Gasteiger partial charge on any atom is -0.465 e. The second-order valence-electron chi connectivity index (χ2n) is 5.91. The summed E-state index contributed by atoms with van der Waals surface area (Å²) in [7, 11) is -1.63. The van der Waals surface area contributed by atoms with Crippen LogP contribution in [0.1, 0.15) is 39.0 Å². The number of aliphatic imine (C=N–C) groups is 1. The summed E-state index contributed by atoms with van der Waals surface area (Å²) >= 11 is 0. The highest BCUT2D eigenvalue weighted by atomic mass is 32.2. The molecule has 1 heterocycles. The Balaban J connectivity index is 1.66. The number of carbonyl (C=O) groups excluding carboxylic acids is 2. The van der Waals surface area contributed by atoms with Gasteiger partial charge in [-0.1, -0.05) is 6.42 Å². The lowest BCUT2D eigenvalue weighted by Crippen LogP contribution is -2.33. The van der Waals surface area contributed by atoms with E-state index in [0.29, 0.717) is 23.3 Å². The lowest BCUT2D eigenvalue weighted by molar-refractivity contribution is -0.144. The number of nitrogens with zero attached hydrogens (tertiary/aromatic N) is 1. The number of hydrogen-bond acceptors (Lipinski definition) is 4. The molecule has 3 rings (SSSR count). The molecule has 110 valence electrons. The Morgan fingerprint density at radius 1 is 1.40 bits per heavy atom. The predicted octanol–water partition coefficient (Wildman–Crippen LogP) is 1.43. The molecule has 6 heteroatoms. The number of esters is 1. The number of carbonyl (C=O) groups is 2. The number of hydrogen-bond donors (Lipinski definition) is 0. The van der Waals surface area contributed by atoms with Crippen LogP contribution in [-0.4, -0.2) is 33.0 Å². The Hall–Kier alpha value is -1.04. The molecule has 2 aliphatic carbocycles. The SMILES string of the molecule is CCOC(=O)C1C(=O)N=C(C[C@H]2C[C@@H]3CC[C@H]2C3)S1=O. The van der Waals surface area contributed by atoms with Crippen LogP contribution in [0.25, 0.3) is 0 Å². The molecule has 3 aliphatic rings. The normalized spacial score (nSPS) is 39.1. The molecule has 5 atom stereocenters. The van der Waals surface area contributed by atoms with Crippen LogP contribution in [0.15, 0.2) is 4.99 Å². The van der Waals surface area contributed by atoms with Crippen molar-refractivity contribution in [2.45, 2.75) is 44.3 Å². The van der Waals surface area contributed by atoms with Crippen molar-refractivity contribution in [3.05, 3.63) is 0 Å². The van der Waals surface area contributed by atoms with Gasteiger partial charge in [0.25, 0.3) is 5.91 Å². The fourth-order valence-corrected chi connectivity index (χ4v) is 5.15. The Labute approximate surface area is 120 Å².